The molecule has 0 radical (unpaired) electrons. The van der Waals surface area contributed by atoms with E-state index in [0.717, 1.165) is 44.3 Å². The average molecular weight is 395 g/mol. The van der Waals surface area contributed by atoms with Crippen molar-refractivity contribution in [3.8, 4) is 5.75 Å². The molecule has 1 amide bonds. The van der Waals surface area contributed by atoms with Gasteiger partial charge in [0.05, 0.1) is 11.9 Å². The number of sulfonamides is 1. The monoisotopic (exact) mass is 394 g/mol. The van der Waals surface area contributed by atoms with Crippen LogP contribution in [0.5, 0.6) is 5.75 Å². The minimum atomic E-state index is -3.07. The van der Waals surface area contributed by atoms with E-state index in [1.54, 1.807) is 16.4 Å². The van der Waals surface area contributed by atoms with Gasteiger partial charge in [0.1, 0.15) is 5.75 Å². The van der Waals surface area contributed by atoms with Crippen LogP contribution in [-0.2, 0) is 10.0 Å². The summed E-state index contributed by atoms with van der Waals surface area (Å²) in [6.07, 6.45) is 5.32. The minimum Gasteiger partial charge on any atom is -0.494 e. The molecule has 1 aliphatic carbocycles. The number of hydrogen-bond acceptors (Lipinski definition) is 4. The van der Waals surface area contributed by atoms with E-state index in [0.29, 0.717) is 37.7 Å². The lowest BCUT2D eigenvalue weighted by atomic mass is 9.98. The summed E-state index contributed by atoms with van der Waals surface area (Å²) in [5.41, 5.74) is 0.617. The Labute approximate surface area is 162 Å². The molecule has 6 nitrogen and oxygen atoms in total. The van der Waals surface area contributed by atoms with Crippen LogP contribution in [-0.4, -0.2) is 50.1 Å². The Morgan fingerprint density at radius 2 is 1.81 bits per heavy atom. The Kier molecular flexibility index (Phi) is 6.76. The number of piperidine rings is 1. The third-order valence-electron chi connectivity index (χ3n) is 5.31. The molecular weight excluding hydrogens is 364 g/mol. The van der Waals surface area contributed by atoms with E-state index in [2.05, 4.69) is 12.2 Å². The molecule has 0 aromatic heterocycles. The van der Waals surface area contributed by atoms with E-state index < -0.39 is 10.0 Å². The summed E-state index contributed by atoms with van der Waals surface area (Å²) in [4.78, 5) is 12.3. The van der Waals surface area contributed by atoms with Crippen molar-refractivity contribution < 1.29 is 17.9 Å². The Morgan fingerprint density at radius 3 is 2.41 bits per heavy atom. The zero-order valence-electron chi connectivity index (χ0n) is 16.0. The number of nitrogens with zero attached hydrogens (tertiary/aromatic N) is 1. The summed E-state index contributed by atoms with van der Waals surface area (Å²) in [5.74, 6) is 1.02. The van der Waals surface area contributed by atoms with Crippen LogP contribution < -0.4 is 10.1 Å². The highest BCUT2D eigenvalue weighted by Crippen LogP contribution is 2.33. The van der Waals surface area contributed by atoms with Crippen molar-refractivity contribution in [1.82, 2.24) is 9.62 Å². The van der Waals surface area contributed by atoms with Crippen LogP contribution in [0.4, 0.5) is 0 Å². The SMILES string of the molecule is CCCCOc1ccc(C(=O)NCC2CCN(S(=O)(=O)C3CC3)CC2)cc1. The van der Waals surface area contributed by atoms with E-state index in [9.17, 15) is 13.2 Å². The van der Waals surface area contributed by atoms with Gasteiger partial charge in [0.25, 0.3) is 5.91 Å². The molecule has 1 aromatic rings. The van der Waals surface area contributed by atoms with Crippen LogP contribution in [0.15, 0.2) is 24.3 Å². The van der Waals surface area contributed by atoms with Crippen molar-refractivity contribution in [3.05, 3.63) is 29.8 Å². The summed E-state index contributed by atoms with van der Waals surface area (Å²) in [7, 11) is -3.07. The third-order valence-corrected chi connectivity index (χ3v) is 7.71. The topological polar surface area (TPSA) is 75.7 Å². The van der Waals surface area contributed by atoms with Crippen LogP contribution >= 0.6 is 0 Å². The predicted octanol–water partition coefficient (Wildman–Crippen LogP) is 2.80. The van der Waals surface area contributed by atoms with Crippen molar-refractivity contribution in [1.29, 1.82) is 0 Å². The number of carbonyl (C=O) groups excluding carboxylic acids is 1. The molecule has 1 saturated heterocycles. The van der Waals surface area contributed by atoms with Crippen molar-refractivity contribution in [3.63, 3.8) is 0 Å². The van der Waals surface area contributed by atoms with E-state index in [-0.39, 0.29) is 11.2 Å². The second-order valence-electron chi connectivity index (χ2n) is 7.52. The van der Waals surface area contributed by atoms with Gasteiger partial charge in [0.15, 0.2) is 0 Å². The van der Waals surface area contributed by atoms with Gasteiger partial charge < -0.3 is 10.1 Å². The smallest absolute Gasteiger partial charge is 0.251 e. The highest BCUT2D eigenvalue weighted by atomic mass is 32.2. The second kappa shape index (κ2) is 9.06. The second-order valence-corrected chi connectivity index (χ2v) is 9.74. The molecule has 1 aliphatic heterocycles. The van der Waals surface area contributed by atoms with Gasteiger partial charge in [-0.05, 0) is 62.3 Å². The summed E-state index contributed by atoms with van der Waals surface area (Å²) < 4.78 is 31.8. The maximum absolute atomic E-state index is 12.3. The summed E-state index contributed by atoms with van der Waals surface area (Å²) >= 11 is 0. The summed E-state index contributed by atoms with van der Waals surface area (Å²) in [6.45, 7) is 4.54. The maximum Gasteiger partial charge on any atom is 0.251 e. The zero-order chi connectivity index (χ0) is 19.3. The fourth-order valence-electron chi connectivity index (χ4n) is 3.32. The van der Waals surface area contributed by atoms with Crippen molar-refractivity contribution in [2.75, 3.05) is 26.2 Å². The molecule has 3 rings (SSSR count). The standard InChI is InChI=1S/C20H30N2O4S/c1-2-3-14-26-18-6-4-17(5-7-18)20(23)21-15-16-10-12-22(13-11-16)27(24,25)19-8-9-19/h4-7,16,19H,2-3,8-15H2,1H3,(H,21,23). The number of hydrogen-bond donors (Lipinski definition) is 1. The van der Waals surface area contributed by atoms with Gasteiger partial charge in [-0.3, -0.25) is 4.79 Å². The fraction of sp³-hybridized carbons (Fsp3) is 0.650. The lowest BCUT2D eigenvalue weighted by molar-refractivity contribution is 0.0941. The molecule has 0 spiro atoms. The molecule has 7 heteroatoms. The van der Waals surface area contributed by atoms with Gasteiger partial charge in [0, 0.05) is 25.2 Å². The molecule has 0 unspecified atom stereocenters. The first-order valence-corrected chi connectivity index (χ1v) is 11.5. The van der Waals surface area contributed by atoms with Gasteiger partial charge in [-0.15, -0.1) is 0 Å². The summed E-state index contributed by atoms with van der Waals surface area (Å²) in [5, 5.41) is 2.84. The zero-order valence-corrected chi connectivity index (χ0v) is 16.8. The highest BCUT2D eigenvalue weighted by Gasteiger charge is 2.41. The van der Waals surface area contributed by atoms with Crippen molar-refractivity contribution in [2.45, 2.75) is 50.7 Å². The van der Waals surface area contributed by atoms with Gasteiger partial charge in [-0.25, -0.2) is 12.7 Å². The quantitative estimate of drug-likeness (QED) is 0.654. The highest BCUT2D eigenvalue weighted by molar-refractivity contribution is 7.90. The van der Waals surface area contributed by atoms with Crippen LogP contribution in [0.25, 0.3) is 0 Å². The molecule has 0 atom stereocenters. The summed E-state index contributed by atoms with van der Waals surface area (Å²) in [6, 6.07) is 7.21. The molecule has 27 heavy (non-hydrogen) atoms. The lowest BCUT2D eigenvalue weighted by Crippen LogP contribution is -2.42. The minimum absolute atomic E-state index is 0.0943. The maximum atomic E-state index is 12.3. The Morgan fingerprint density at radius 1 is 1.15 bits per heavy atom. The van der Waals surface area contributed by atoms with E-state index in [4.69, 9.17) is 4.74 Å². The van der Waals surface area contributed by atoms with Crippen LogP contribution in [0.1, 0.15) is 55.8 Å². The first-order valence-electron chi connectivity index (χ1n) is 10.0. The first kappa shape index (κ1) is 20.1. The number of unbranched alkanes of at least 4 members (excludes halogenated alkanes) is 1. The number of rotatable bonds is 9. The van der Waals surface area contributed by atoms with Gasteiger partial charge in [-0.1, -0.05) is 13.3 Å². The Bertz CT molecular complexity index is 721. The normalized spacial score (nSPS) is 19.0. The van der Waals surface area contributed by atoms with Crippen LogP contribution in [0.3, 0.4) is 0 Å². The van der Waals surface area contributed by atoms with E-state index >= 15 is 0 Å². The van der Waals surface area contributed by atoms with Crippen LogP contribution in [0, 0.1) is 5.92 Å². The Balaban J connectivity index is 1.40. The molecule has 1 N–H and O–H groups in total. The number of carbonyl (C=O) groups is 1. The van der Waals surface area contributed by atoms with Gasteiger partial charge >= 0.3 is 0 Å². The van der Waals surface area contributed by atoms with Crippen molar-refractivity contribution >= 4 is 15.9 Å². The predicted molar refractivity (Wildman–Crippen MR) is 105 cm³/mol. The molecule has 1 saturated carbocycles. The fourth-order valence-corrected chi connectivity index (χ4v) is 5.19. The van der Waals surface area contributed by atoms with Gasteiger partial charge in [-0.2, -0.15) is 0 Å². The molecule has 150 valence electrons. The first-order chi connectivity index (χ1) is 13.0. The molecule has 2 fully saturated rings. The number of ether oxygens (including phenoxy) is 1. The van der Waals surface area contributed by atoms with Crippen molar-refractivity contribution in [2.24, 2.45) is 5.92 Å². The number of benzene rings is 1. The number of nitrogens with one attached hydrogen (secondary N) is 1. The molecule has 2 aliphatic rings. The van der Waals surface area contributed by atoms with E-state index in [1.807, 2.05) is 12.1 Å². The molecular formula is C20H30N2O4S. The molecule has 1 aromatic carbocycles. The molecule has 1 heterocycles. The number of amides is 1. The van der Waals surface area contributed by atoms with Crippen LogP contribution in [0.2, 0.25) is 0 Å². The Hall–Kier alpha value is -1.60. The average Bonchev–Trinajstić information content (AvgIpc) is 3.53. The van der Waals surface area contributed by atoms with Gasteiger partial charge in [0.2, 0.25) is 10.0 Å². The third kappa shape index (κ3) is 5.45. The van der Waals surface area contributed by atoms with E-state index in [1.165, 1.54) is 0 Å². The largest absolute Gasteiger partial charge is 0.494 e. The lowest BCUT2D eigenvalue weighted by Gasteiger charge is -2.31. The molecule has 0 bridgehead atoms.